The van der Waals surface area contributed by atoms with Crippen LogP contribution in [0.5, 0.6) is 11.5 Å². The van der Waals surface area contributed by atoms with Crippen molar-refractivity contribution < 1.29 is 162 Å². The van der Waals surface area contributed by atoms with E-state index in [9.17, 15) is 43.3 Å². The van der Waals surface area contributed by atoms with Gasteiger partial charge in [0.05, 0.1) is 80.9 Å². The number of hydrogen-bond acceptors (Lipinski definition) is 26. The molecule has 4 aliphatic rings. The molecular formula is C60H65Cl3FK2N15O13P2. The molecule has 4 fully saturated rings. The zero-order valence-electron chi connectivity index (χ0n) is 54.5. The standard InChI is InChI=1S/C29H30ClN8O5P.C21H18ClFN7O4P.C9H14O.CH2O3.ClH.2K.H/c1-43-24-13-22(37-10-6-29(7-11-37)14-17(39)15-29)23(38(40)41)12-21(24)35-28-33-16-18(30)27(36-28)34-20-5-4-19-25(32-9-8-31-19)26(20)44(2,3)42;1-34-17-8-12(23)16(30(31)32)9-15(17)28-21-26-10-11(22)20(29-21)27-14-5-4-13-18(25-7-6-24-13)19(14)35(2,3)33;10-8-6-9(7-8)4-2-1-3-5-9;2-1-4-3;;;;/h4-5,8-9,12-13,16H,6-7,10-11,14-15H2,1-3H3,(H2,33,34,35,36);4-10H,1-3H3,(H2,26,27,28,29);1-7H2;1,3H;1H;;;/q;;;;;2*+1;-1/p-1. The van der Waals surface area contributed by atoms with E-state index in [1.165, 1.54) is 71.0 Å². The Bertz CT molecular complexity index is 4310. The summed E-state index contributed by atoms with van der Waals surface area (Å²) in [6.07, 6.45) is 20.3. The molecule has 1 saturated heterocycles. The van der Waals surface area contributed by atoms with E-state index in [1.54, 1.807) is 75.6 Å². The van der Waals surface area contributed by atoms with Crippen molar-refractivity contribution in [3.8, 4) is 11.5 Å². The number of fused-ring (bicyclic) bond motifs is 2. The van der Waals surface area contributed by atoms with Crippen molar-refractivity contribution in [2.24, 2.45) is 10.8 Å². The van der Waals surface area contributed by atoms with E-state index in [1.807, 2.05) is 4.90 Å². The number of rotatable bonds is 16. The van der Waals surface area contributed by atoms with Crippen molar-refractivity contribution in [1.29, 1.82) is 0 Å². The van der Waals surface area contributed by atoms with E-state index < -0.39 is 35.6 Å². The second-order valence-corrected chi connectivity index (χ2v) is 30.4. The molecule has 1 aliphatic heterocycles. The molecule has 96 heavy (non-hydrogen) atoms. The fraction of sp³-hybridized carbons (Fsp3) is 0.350. The van der Waals surface area contributed by atoms with Crippen molar-refractivity contribution in [2.45, 2.75) is 70.6 Å². The van der Waals surface area contributed by atoms with Gasteiger partial charge < -0.3 is 56.3 Å². The van der Waals surface area contributed by atoms with Crippen LogP contribution in [0.4, 0.5) is 67.7 Å². The largest absolute Gasteiger partial charge is 1.00 e. The molecule has 2 spiro atoms. The molecule has 5 heterocycles. The summed E-state index contributed by atoms with van der Waals surface area (Å²) < 4.78 is 51.2. The summed E-state index contributed by atoms with van der Waals surface area (Å²) >= 11 is 12.8. The number of carbonyl (C=O) groups is 3. The SMILES string of the molecule is COc1cc(F)c([N+](=O)[O-])cc1Nc1ncc(Cl)c(Nc2ccc3nccnc3c2P(C)(C)=O)n1.COc1cc(N2CCC3(CC2)CC(=O)C3)c([N+](=O)[O-])cc1Nc1ncc(Cl)c(Nc2ccc3nccnc3c2P(C)(C)=O)n1.Cl.O=C1CC2(CCCCC2)C1.O=CO[O-].[H-].[K+].[K+]. The second-order valence-electron chi connectivity index (χ2n) is 23.3. The molecular weight excluding hydrogens is 1400 g/mol. The molecule has 0 radical (unpaired) electrons. The zero-order valence-corrected chi connectivity index (χ0v) is 63.9. The minimum Gasteiger partial charge on any atom is -1.00 e. The Morgan fingerprint density at radius 3 is 1.42 bits per heavy atom. The predicted molar refractivity (Wildman–Crippen MR) is 357 cm³/mol. The molecule has 0 bridgehead atoms. The van der Waals surface area contributed by atoms with Gasteiger partial charge in [-0.25, -0.2) is 9.97 Å². The van der Waals surface area contributed by atoms with Crippen LogP contribution in [0.2, 0.25) is 10.0 Å². The summed E-state index contributed by atoms with van der Waals surface area (Å²) in [5, 5.41) is 45.1. The van der Waals surface area contributed by atoms with Gasteiger partial charge in [0.25, 0.3) is 12.2 Å². The van der Waals surface area contributed by atoms with Gasteiger partial charge in [0, 0.05) is 87.8 Å². The number of aromatic nitrogens is 8. The van der Waals surface area contributed by atoms with Gasteiger partial charge in [-0.3, -0.25) is 54.5 Å². The van der Waals surface area contributed by atoms with Gasteiger partial charge in [-0.2, -0.15) is 14.4 Å². The van der Waals surface area contributed by atoms with Crippen LogP contribution in [0, 0.1) is 36.9 Å². The number of carbonyl (C=O) groups excluding carboxylic acids is 3. The van der Waals surface area contributed by atoms with Crippen LogP contribution in [-0.4, -0.2) is 122 Å². The van der Waals surface area contributed by atoms with Crippen LogP contribution in [0.1, 0.15) is 72.1 Å². The third kappa shape index (κ3) is 19.2. The molecule has 3 saturated carbocycles. The maximum Gasteiger partial charge on any atom is 1.00 e. The number of ether oxygens (including phenoxy) is 2. The predicted octanol–water partition coefficient (Wildman–Crippen LogP) is 5.82. The maximum absolute atomic E-state index is 14.0. The number of nitrogens with zero attached hydrogens (tertiary/aromatic N) is 11. The first-order valence-electron chi connectivity index (χ1n) is 28.9. The number of halogens is 4. The molecule has 0 atom stereocenters. The molecule has 36 heteroatoms. The molecule has 12 rings (SSSR count). The van der Waals surface area contributed by atoms with E-state index in [-0.39, 0.29) is 185 Å². The average Bonchev–Trinajstić information content (AvgIpc) is 0.788. The zero-order chi connectivity index (χ0) is 67.0. The number of nitrogens with one attached hydrogen (secondary N) is 4. The number of ketones is 2. The number of methoxy groups -OCH3 is 2. The maximum atomic E-state index is 14.0. The molecule has 8 aromatic rings. The Hall–Kier alpha value is -5.58. The van der Waals surface area contributed by atoms with E-state index in [4.69, 9.17) is 42.7 Å². The molecule has 4 aromatic heterocycles. The first kappa shape index (κ1) is 79.4. The summed E-state index contributed by atoms with van der Waals surface area (Å²) in [5.74, 6) is 0.600. The van der Waals surface area contributed by atoms with E-state index in [2.05, 4.69) is 66.0 Å². The van der Waals surface area contributed by atoms with Gasteiger partial charge in [0.1, 0.15) is 64.1 Å². The van der Waals surface area contributed by atoms with Crippen molar-refractivity contribution in [3.05, 3.63) is 122 Å². The molecule has 0 amide bonds. The van der Waals surface area contributed by atoms with E-state index >= 15 is 0 Å². The monoisotopic (exact) mass is 1470 g/mol. The first-order valence-corrected chi connectivity index (χ1v) is 34.8. The van der Waals surface area contributed by atoms with Crippen LogP contribution >= 0.6 is 49.9 Å². The number of nitro groups is 2. The third-order valence-corrected chi connectivity index (χ3v) is 19.8. The fourth-order valence-electron chi connectivity index (χ4n) is 11.8. The van der Waals surface area contributed by atoms with E-state index in [0.29, 0.717) is 98.3 Å². The smallest absolute Gasteiger partial charge is 1.00 e. The van der Waals surface area contributed by atoms with Gasteiger partial charge in [0.15, 0.2) is 11.6 Å². The Labute approximate surface area is 652 Å². The van der Waals surface area contributed by atoms with E-state index in [0.717, 1.165) is 37.8 Å². The average molecular weight is 1470 g/mol. The van der Waals surface area contributed by atoms with Crippen LogP contribution in [0.25, 0.3) is 22.1 Å². The van der Waals surface area contributed by atoms with Crippen LogP contribution in [-0.2, 0) is 28.4 Å². The Balaban J connectivity index is 0.000000286. The topological polar surface area (TPSA) is 377 Å². The minimum atomic E-state index is -2.84. The molecule has 4 aromatic carbocycles. The van der Waals surface area contributed by atoms with Gasteiger partial charge in [-0.05, 0) is 87.4 Å². The molecule has 4 N–H and O–H groups in total. The number of hydrogen-bond donors (Lipinski definition) is 4. The quantitative estimate of drug-likeness (QED) is 0.0221. The van der Waals surface area contributed by atoms with Crippen molar-refractivity contribution >= 4 is 164 Å². The van der Waals surface area contributed by atoms with Crippen molar-refractivity contribution in [1.82, 2.24) is 39.9 Å². The number of anilines is 9. The Morgan fingerprint density at radius 2 is 1.02 bits per heavy atom. The normalized spacial score (nSPS) is 14.9. The number of Topliss-reactive ketones (excluding diaryl/α,β-unsaturated/α-hetero) is 2. The second kappa shape index (κ2) is 34.5. The molecule has 3 aliphatic carbocycles. The number of piperidine rings is 1. The van der Waals surface area contributed by atoms with Crippen molar-refractivity contribution in [2.75, 3.05) is 80.1 Å². The number of benzene rings is 4. The molecule has 0 unspecified atom stereocenters. The number of nitro benzene ring substituents is 2. The third-order valence-electron chi connectivity index (χ3n) is 16.2. The summed E-state index contributed by atoms with van der Waals surface area (Å²) in [4.78, 5) is 92.2. The van der Waals surface area contributed by atoms with Gasteiger partial charge in [0.2, 0.25) is 17.7 Å². The van der Waals surface area contributed by atoms with Crippen LogP contribution in [0.3, 0.4) is 0 Å². The van der Waals surface area contributed by atoms with Gasteiger partial charge in [-0.15, -0.1) is 12.4 Å². The minimum absolute atomic E-state index is 0. The Morgan fingerprint density at radius 1 is 0.615 bits per heavy atom. The first-order chi connectivity index (χ1) is 44.3. The van der Waals surface area contributed by atoms with Gasteiger partial charge in [-0.1, -0.05) is 42.5 Å². The van der Waals surface area contributed by atoms with Gasteiger partial charge >= 0.3 is 108 Å². The summed E-state index contributed by atoms with van der Waals surface area (Å²) in [5.41, 5.74) is 3.69. The van der Waals surface area contributed by atoms with Crippen LogP contribution < -0.4 is 154 Å². The summed E-state index contributed by atoms with van der Waals surface area (Å²) in [6.45, 7) is 7.58. The summed E-state index contributed by atoms with van der Waals surface area (Å²) in [7, 11) is -2.90. The fourth-order valence-corrected chi connectivity index (χ4v) is 14.9. The molecule has 28 nitrogen and oxygen atoms in total. The molecule has 498 valence electrons. The van der Waals surface area contributed by atoms with Crippen molar-refractivity contribution in [3.63, 3.8) is 0 Å². The Kier molecular flexibility index (Phi) is 28.5. The summed E-state index contributed by atoms with van der Waals surface area (Å²) in [6, 6.07) is 11.8. The van der Waals surface area contributed by atoms with Crippen LogP contribution in [0.15, 0.2) is 85.7 Å².